The van der Waals surface area contributed by atoms with Crippen molar-refractivity contribution in [2.24, 2.45) is 0 Å². The summed E-state index contributed by atoms with van der Waals surface area (Å²) >= 11 is 0. The highest BCUT2D eigenvalue weighted by Gasteiger charge is 2.26. The minimum absolute atomic E-state index is 0.423. The Balaban J connectivity index is 1.62. The molecule has 1 N–H and O–H groups in total. The molecule has 1 aliphatic carbocycles. The Morgan fingerprint density at radius 1 is 1.40 bits per heavy atom. The molecule has 2 heterocycles. The van der Waals surface area contributed by atoms with E-state index >= 15 is 0 Å². The fourth-order valence-corrected chi connectivity index (χ4v) is 2.87. The average molecular weight is 275 g/mol. The molecule has 0 amide bonds. The minimum Gasteiger partial charge on any atom is -0.339 e. The summed E-state index contributed by atoms with van der Waals surface area (Å²) in [5.41, 5.74) is 0. The molecule has 6 nitrogen and oxygen atoms in total. The van der Waals surface area contributed by atoms with Gasteiger partial charge >= 0.3 is 0 Å². The first-order chi connectivity index (χ1) is 9.86. The first kappa shape index (κ1) is 13.3. The zero-order chi connectivity index (χ0) is 13.8. The molecule has 108 valence electrons. The molecule has 0 spiro atoms. The van der Waals surface area contributed by atoms with Crippen LogP contribution in [0, 0.1) is 0 Å². The van der Waals surface area contributed by atoms with E-state index in [0.29, 0.717) is 24.5 Å². The van der Waals surface area contributed by atoms with Crippen molar-refractivity contribution in [3.8, 4) is 0 Å². The Hall–Kier alpha value is -1.69. The zero-order valence-electron chi connectivity index (χ0n) is 11.8. The van der Waals surface area contributed by atoms with Crippen LogP contribution in [-0.4, -0.2) is 26.0 Å². The molecule has 0 aromatic carbocycles. The van der Waals surface area contributed by atoms with Crippen LogP contribution in [0.15, 0.2) is 23.0 Å². The van der Waals surface area contributed by atoms with Gasteiger partial charge in [0.05, 0.1) is 12.6 Å². The standard InChI is InChI=1S/C14H21N5O/c1-2-14-17-13(18-20-14)10-15-11-6-3-4-7-12(11)19-9-5-8-16-19/h5,8-9,11-12,15H,2-4,6-7,10H2,1H3/t11-,12-/m0/s1. The van der Waals surface area contributed by atoms with E-state index in [0.717, 1.165) is 12.2 Å². The Morgan fingerprint density at radius 3 is 3.05 bits per heavy atom. The number of hydrogen-bond acceptors (Lipinski definition) is 5. The van der Waals surface area contributed by atoms with E-state index in [-0.39, 0.29) is 0 Å². The average Bonchev–Trinajstić information content (AvgIpc) is 3.17. The van der Waals surface area contributed by atoms with Crippen LogP contribution in [0.2, 0.25) is 0 Å². The molecule has 2 atom stereocenters. The van der Waals surface area contributed by atoms with Gasteiger partial charge in [-0.1, -0.05) is 24.9 Å². The van der Waals surface area contributed by atoms with Gasteiger partial charge in [-0.3, -0.25) is 4.68 Å². The first-order valence-corrected chi connectivity index (χ1v) is 7.41. The third-order valence-corrected chi connectivity index (χ3v) is 3.93. The van der Waals surface area contributed by atoms with Gasteiger partial charge in [0.1, 0.15) is 0 Å². The van der Waals surface area contributed by atoms with Crippen LogP contribution < -0.4 is 5.32 Å². The Morgan fingerprint density at radius 2 is 2.30 bits per heavy atom. The number of aromatic nitrogens is 4. The molecule has 1 aliphatic rings. The molecule has 20 heavy (non-hydrogen) atoms. The van der Waals surface area contributed by atoms with Crippen LogP contribution in [0.5, 0.6) is 0 Å². The normalized spacial score (nSPS) is 23.1. The van der Waals surface area contributed by atoms with Crippen molar-refractivity contribution in [2.45, 2.75) is 57.7 Å². The quantitative estimate of drug-likeness (QED) is 0.905. The summed E-state index contributed by atoms with van der Waals surface area (Å²) in [4.78, 5) is 4.34. The van der Waals surface area contributed by atoms with E-state index in [2.05, 4.69) is 25.2 Å². The van der Waals surface area contributed by atoms with E-state index in [4.69, 9.17) is 4.52 Å². The van der Waals surface area contributed by atoms with E-state index in [9.17, 15) is 0 Å². The van der Waals surface area contributed by atoms with Gasteiger partial charge in [-0.2, -0.15) is 10.1 Å². The van der Waals surface area contributed by atoms with Gasteiger partial charge in [-0.25, -0.2) is 0 Å². The monoisotopic (exact) mass is 275 g/mol. The molecule has 2 aromatic heterocycles. The third kappa shape index (κ3) is 2.90. The number of aryl methyl sites for hydroxylation is 1. The summed E-state index contributed by atoms with van der Waals surface area (Å²) in [6.45, 7) is 2.67. The Bertz CT molecular complexity index is 521. The fraction of sp³-hybridized carbons (Fsp3) is 0.643. The molecule has 0 saturated heterocycles. The molecule has 0 aliphatic heterocycles. The van der Waals surface area contributed by atoms with Gasteiger partial charge in [0.15, 0.2) is 5.82 Å². The Kier molecular flexibility index (Phi) is 4.11. The molecule has 0 bridgehead atoms. The molecule has 3 rings (SSSR count). The lowest BCUT2D eigenvalue weighted by Crippen LogP contribution is -2.39. The van der Waals surface area contributed by atoms with Crippen LogP contribution in [0.1, 0.15) is 50.4 Å². The van der Waals surface area contributed by atoms with Crippen molar-refractivity contribution < 1.29 is 4.52 Å². The van der Waals surface area contributed by atoms with E-state index in [1.807, 2.05) is 25.4 Å². The number of hydrogen-bond donors (Lipinski definition) is 1. The third-order valence-electron chi connectivity index (χ3n) is 3.93. The highest BCUT2D eigenvalue weighted by atomic mass is 16.5. The summed E-state index contributed by atoms with van der Waals surface area (Å²) in [6, 6.07) is 2.83. The van der Waals surface area contributed by atoms with Crippen LogP contribution in [0.25, 0.3) is 0 Å². The highest BCUT2D eigenvalue weighted by Crippen LogP contribution is 2.28. The van der Waals surface area contributed by atoms with Gasteiger partial charge in [0.2, 0.25) is 5.89 Å². The maximum Gasteiger partial charge on any atom is 0.226 e. The lowest BCUT2D eigenvalue weighted by Gasteiger charge is -2.32. The summed E-state index contributed by atoms with van der Waals surface area (Å²) in [7, 11) is 0. The Labute approximate surface area is 118 Å². The largest absolute Gasteiger partial charge is 0.339 e. The maximum absolute atomic E-state index is 5.13. The molecule has 1 fully saturated rings. The highest BCUT2D eigenvalue weighted by molar-refractivity contribution is 4.92. The summed E-state index contributed by atoms with van der Waals surface area (Å²) in [6.07, 6.45) is 9.56. The van der Waals surface area contributed by atoms with Crippen molar-refractivity contribution in [1.82, 2.24) is 25.2 Å². The van der Waals surface area contributed by atoms with Crippen LogP contribution in [0.4, 0.5) is 0 Å². The lowest BCUT2D eigenvalue weighted by molar-refractivity contribution is 0.243. The minimum atomic E-state index is 0.423. The predicted molar refractivity (Wildman–Crippen MR) is 74.0 cm³/mol. The van der Waals surface area contributed by atoms with E-state index < -0.39 is 0 Å². The smallest absolute Gasteiger partial charge is 0.226 e. The summed E-state index contributed by atoms with van der Waals surface area (Å²) in [5.74, 6) is 1.45. The number of rotatable bonds is 5. The topological polar surface area (TPSA) is 68.8 Å². The van der Waals surface area contributed by atoms with Crippen molar-refractivity contribution in [3.63, 3.8) is 0 Å². The first-order valence-electron chi connectivity index (χ1n) is 7.41. The maximum atomic E-state index is 5.13. The second-order valence-electron chi connectivity index (χ2n) is 5.28. The molecular weight excluding hydrogens is 254 g/mol. The van der Waals surface area contributed by atoms with Gasteiger partial charge < -0.3 is 9.84 Å². The summed E-state index contributed by atoms with van der Waals surface area (Å²) < 4.78 is 7.21. The van der Waals surface area contributed by atoms with Gasteiger partial charge in [0, 0.05) is 24.9 Å². The molecule has 0 radical (unpaired) electrons. The molecule has 1 saturated carbocycles. The predicted octanol–water partition coefficient (Wildman–Crippen LogP) is 2.10. The summed E-state index contributed by atoms with van der Waals surface area (Å²) in [5, 5.41) is 11.9. The van der Waals surface area contributed by atoms with Gasteiger partial charge in [-0.05, 0) is 18.9 Å². The molecule has 0 unspecified atom stereocenters. The number of nitrogens with zero attached hydrogens (tertiary/aromatic N) is 4. The second kappa shape index (κ2) is 6.17. The van der Waals surface area contributed by atoms with Crippen molar-refractivity contribution >= 4 is 0 Å². The van der Waals surface area contributed by atoms with Crippen LogP contribution in [0.3, 0.4) is 0 Å². The van der Waals surface area contributed by atoms with E-state index in [1.54, 1.807) is 0 Å². The fourth-order valence-electron chi connectivity index (χ4n) is 2.87. The van der Waals surface area contributed by atoms with Crippen molar-refractivity contribution in [1.29, 1.82) is 0 Å². The van der Waals surface area contributed by atoms with Crippen LogP contribution in [-0.2, 0) is 13.0 Å². The van der Waals surface area contributed by atoms with Crippen LogP contribution >= 0.6 is 0 Å². The van der Waals surface area contributed by atoms with Crippen molar-refractivity contribution in [3.05, 3.63) is 30.2 Å². The second-order valence-corrected chi connectivity index (χ2v) is 5.28. The molecular formula is C14H21N5O. The lowest BCUT2D eigenvalue weighted by atomic mass is 9.90. The molecule has 6 heteroatoms. The van der Waals surface area contributed by atoms with Crippen molar-refractivity contribution in [2.75, 3.05) is 0 Å². The number of nitrogens with one attached hydrogen (secondary N) is 1. The van der Waals surface area contributed by atoms with Gasteiger partial charge in [0.25, 0.3) is 0 Å². The zero-order valence-corrected chi connectivity index (χ0v) is 11.8. The molecule has 2 aromatic rings. The SMILES string of the molecule is CCc1nc(CN[C@H]2CCCC[C@@H]2n2cccn2)no1. The van der Waals surface area contributed by atoms with E-state index in [1.165, 1.54) is 25.7 Å². The van der Waals surface area contributed by atoms with Gasteiger partial charge in [-0.15, -0.1) is 0 Å².